The van der Waals surface area contributed by atoms with E-state index < -0.39 is 15.9 Å². The predicted octanol–water partition coefficient (Wildman–Crippen LogP) is 4.62. The van der Waals surface area contributed by atoms with Crippen LogP contribution in [0.1, 0.15) is 11.1 Å². The van der Waals surface area contributed by atoms with Gasteiger partial charge in [0.05, 0.1) is 18.6 Å². The Morgan fingerprint density at radius 1 is 0.969 bits per heavy atom. The van der Waals surface area contributed by atoms with Gasteiger partial charge >= 0.3 is 0 Å². The molecule has 0 aliphatic carbocycles. The second-order valence-electron chi connectivity index (χ2n) is 6.98. The van der Waals surface area contributed by atoms with Gasteiger partial charge in [0.2, 0.25) is 15.9 Å². The van der Waals surface area contributed by atoms with Crippen LogP contribution in [0.15, 0.2) is 82.2 Å². The van der Waals surface area contributed by atoms with Crippen molar-refractivity contribution in [1.82, 2.24) is 9.62 Å². The van der Waals surface area contributed by atoms with E-state index in [1.165, 1.54) is 24.3 Å². The highest BCUT2D eigenvalue weighted by Crippen LogP contribution is 2.21. The minimum Gasteiger partial charge on any atom is -0.497 e. The van der Waals surface area contributed by atoms with Gasteiger partial charge in [-0.15, -0.1) is 0 Å². The zero-order valence-corrected chi connectivity index (χ0v) is 20.5. The van der Waals surface area contributed by atoms with Gasteiger partial charge in [0.1, 0.15) is 5.75 Å². The lowest BCUT2D eigenvalue weighted by Crippen LogP contribution is -2.40. The average Bonchev–Trinajstić information content (AvgIpc) is 2.79. The molecule has 32 heavy (non-hydrogen) atoms. The lowest BCUT2D eigenvalue weighted by atomic mass is 10.2. The molecule has 1 amide bonds. The van der Waals surface area contributed by atoms with Gasteiger partial charge in [-0.3, -0.25) is 4.79 Å². The highest BCUT2D eigenvalue weighted by atomic mass is 79.9. The van der Waals surface area contributed by atoms with Crippen LogP contribution in [0.4, 0.5) is 0 Å². The monoisotopic (exact) mass is 536 g/mol. The third-order valence-corrected chi connectivity index (χ3v) is 7.28. The minimum atomic E-state index is -3.93. The van der Waals surface area contributed by atoms with Crippen molar-refractivity contribution in [2.45, 2.75) is 18.0 Å². The van der Waals surface area contributed by atoms with Crippen molar-refractivity contribution in [2.24, 2.45) is 0 Å². The third kappa shape index (κ3) is 6.56. The summed E-state index contributed by atoms with van der Waals surface area (Å²) in [6.45, 7) is 0.00131. The largest absolute Gasteiger partial charge is 0.497 e. The number of ether oxygens (including phenoxy) is 1. The van der Waals surface area contributed by atoms with Gasteiger partial charge in [-0.05, 0) is 59.7 Å². The van der Waals surface area contributed by atoms with Crippen LogP contribution in [0.5, 0.6) is 5.75 Å². The Balaban J connectivity index is 1.77. The molecule has 1 N–H and O–H groups in total. The van der Waals surface area contributed by atoms with Crippen molar-refractivity contribution >= 4 is 43.5 Å². The van der Waals surface area contributed by atoms with E-state index in [9.17, 15) is 13.2 Å². The molecule has 0 heterocycles. The standard InChI is InChI=1S/C23H22BrClN2O4S/c1-31-21-10-4-17(5-11-21)14-26-23(28)16-27(15-18-2-6-19(24)7-3-18)32(29,30)22-12-8-20(25)9-13-22/h2-13H,14-16H2,1H3,(H,26,28). The van der Waals surface area contributed by atoms with Crippen molar-refractivity contribution in [3.63, 3.8) is 0 Å². The van der Waals surface area contributed by atoms with E-state index in [4.69, 9.17) is 16.3 Å². The number of rotatable bonds is 9. The fourth-order valence-electron chi connectivity index (χ4n) is 2.94. The first-order valence-corrected chi connectivity index (χ1v) is 12.3. The summed E-state index contributed by atoms with van der Waals surface area (Å²) in [5.41, 5.74) is 1.63. The van der Waals surface area contributed by atoms with Gasteiger partial charge in [0, 0.05) is 22.6 Å². The Hall–Kier alpha value is -2.39. The molecule has 0 aliphatic heterocycles. The number of carbonyl (C=O) groups excluding carboxylic acids is 1. The van der Waals surface area contributed by atoms with E-state index in [-0.39, 0.29) is 24.5 Å². The number of amides is 1. The normalized spacial score (nSPS) is 11.4. The lowest BCUT2D eigenvalue weighted by molar-refractivity contribution is -0.121. The number of benzene rings is 3. The van der Waals surface area contributed by atoms with Gasteiger partial charge in [-0.1, -0.05) is 51.8 Å². The van der Waals surface area contributed by atoms with Crippen LogP contribution in [-0.4, -0.2) is 32.3 Å². The number of carbonyl (C=O) groups is 1. The Kier molecular flexibility index (Phi) is 8.31. The molecule has 0 saturated carbocycles. The van der Waals surface area contributed by atoms with Crippen LogP contribution < -0.4 is 10.1 Å². The Labute approximate surface area is 201 Å². The number of sulfonamides is 1. The summed E-state index contributed by atoms with van der Waals surface area (Å²) in [7, 11) is -2.35. The van der Waals surface area contributed by atoms with E-state index in [2.05, 4.69) is 21.2 Å². The molecule has 0 saturated heterocycles. The topological polar surface area (TPSA) is 75.7 Å². The van der Waals surface area contributed by atoms with Crippen LogP contribution in [0.25, 0.3) is 0 Å². The molecular weight excluding hydrogens is 516 g/mol. The second-order valence-corrected chi connectivity index (χ2v) is 10.3. The SMILES string of the molecule is COc1ccc(CNC(=O)CN(Cc2ccc(Br)cc2)S(=O)(=O)c2ccc(Cl)cc2)cc1. The maximum absolute atomic E-state index is 13.3. The molecule has 0 unspecified atom stereocenters. The molecule has 0 aliphatic rings. The van der Waals surface area contributed by atoms with Crippen molar-refractivity contribution in [2.75, 3.05) is 13.7 Å². The van der Waals surface area contributed by atoms with Crippen LogP contribution in [0, 0.1) is 0 Å². The number of nitrogens with one attached hydrogen (secondary N) is 1. The molecule has 6 nitrogen and oxygen atoms in total. The fourth-order valence-corrected chi connectivity index (χ4v) is 4.71. The quantitative estimate of drug-likeness (QED) is 0.432. The first-order chi connectivity index (χ1) is 15.3. The molecular formula is C23H22BrClN2O4S. The molecule has 3 rings (SSSR count). The number of halogens is 2. The Bertz CT molecular complexity index is 1150. The minimum absolute atomic E-state index is 0.0498. The summed E-state index contributed by atoms with van der Waals surface area (Å²) in [5, 5.41) is 3.21. The zero-order valence-electron chi connectivity index (χ0n) is 17.3. The number of hydrogen-bond acceptors (Lipinski definition) is 4. The third-order valence-electron chi connectivity index (χ3n) is 4.69. The van der Waals surface area contributed by atoms with E-state index >= 15 is 0 Å². The number of methoxy groups -OCH3 is 1. The fraction of sp³-hybridized carbons (Fsp3) is 0.174. The summed E-state index contributed by atoms with van der Waals surface area (Å²) in [4.78, 5) is 12.7. The zero-order chi connectivity index (χ0) is 23.1. The van der Waals surface area contributed by atoms with Gasteiger partial charge in [0.25, 0.3) is 0 Å². The average molecular weight is 538 g/mol. The maximum Gasteiger partial charge on any atom is 0.243 e. The Morgan fingerprint density at radius 3 is 2.16 bits per heavy atom. The Morgan fingerprint density at radius 2 is 1.56 bits per heavy atom. The van der Waals surface area contributed by atoms with Gasteiger partial charge in [0.15, 0.2) is 0 Å². The van der Waals surface area contributed by atoms with Crippen molar-refractivity contribution in [3.8, 4) is 5.75 Å². The molecule has 0 fully saturated rings. The van der Waals surface area contributed by atoms with Crippen LogP contribution >= 0.6 is 27.5 Å². The van der Waals surface area contributed by atoms with Crippen molar-refractivity contribution in [1.29, 1.82) is 0 Å². The lowest BCUT2D eigenvalue weighted by Gasteiger charge is -2.22. The molecule has 3 aromatic rings. The second kappa shape index (κ2) is 11.0. The van der Waals surface area contributed by atoms with E-state index in [1.54, 1.807) is 19.2 Å². The first kappa shape index (κ1) is 24.3. The van der Waals surface area contributed by atoms with Gasteiger partial charge in [-0.25, -0.2) is 8.42 Å². The molecule has 9 heteroatoms. The highest BCUT2D eigenvalue weighted by Gasteiger charge is 2.27. The summed E-state index contributed by atoms with van der Waals surface area (Å²) in [6.07, 6.45) is 0. The summed E-state index contributed by atoms with van der Waals surface area (Å²) < 4.78 is 33.7. The molecule has 0 atom stereocenters. The summed E-state index contributed by atoms with van der Waals surface area (Å²) in [5.74, 6) is 0.310. The summed E-state index contributed by atoms with van der Waals surface area (Å²) in [6, 6.07) is 20.4. The molecule has 0 spiro atoms. The van der Waals surface area contributed by atoms with Crippen LogP contribution in [-0.2, 0) is 27.9 Å². The molecule has 0 aromatic heterocycles. The highest BCUT2D eigenvalue weighted by molar-refractivity contribution is 9.10. The molecule has 0 bridgehead atoms. The van der Waals surface area contributed by atoms with Gasteiger partial charge in [-0.2, -0.15) is 4.31 Å². The van der Waals surface area contributed by atoms with E-state index in [0.717, 1.165) is 25.7 Å². The maximum atomic E-state index is 13.3. The smallest absolute Gasteiger partial charge is 0.243 e. The number of hydrogen-bond donors (Lipinski definition) is 1. The number of nitrogens with zero attached hydrogens (tertiary/aromatic N) is 1. The van der Waals surface area contributed by atoms with Crippen molar-refractivity contribution < 1.29 is 17.9 Å². The van der Waals surface area contributed by atoms with Crippen molar-refractivity contribution in [3.05, 3.63) is 93.4 Å². The summed E-state index contributed by atoms with van der Waals surface area (Å²) >= 11 is 9.27. The van der Waals surface area contributed by atoms with Crippen LogP contribution in [0.2, 0.25) is 5.02 Å². The van der Waals surface area contributed by atoms with E-state index in [1.807, 2.05) is 36.4 Å². The van der Waals surface area contributed by atoms with Gasteiger partial charge < -0.3 is 10.1 Å². The molecule has 0 radical (unpaired) electrons. The first-order valence-electron chi connectivity index (χ1n) is 9.68. The molecule has 3 aromatic carbocycles. The predicted molar refractivity (Wildman–Crippen MR) is 128 cm³/mol. The van der Waals surface area contributed by atoms with E-state index in [0.29, 0.717) is 5.02 Å². The molecule has 168 valence electrons. The van der Waals surface area contributed by atoms with Crippen LogP contribution in [0.3, 0.4) is 0 Å².